The summed E-state index contributed by atoms with van der Waals surface area (Å²) in [5.74, 6) is -0.464. The fraction of sp³-hybridized carbons (Fsp3) is 0. The van der Waals surface area contributed by atoms with Crippen LogP contribution in [0.5, 0.6) is 0 Å². The summed E-state index contributed by atoms with van der Waals surface area (Å²) in [6.45, 7) is 0. The summed E-state index contributed by atoms with van der Waals surface area (Å²) in [7, 11) is 0. The quantitative estimate of drug-likeness (QED) is 0.629. The van der Waals surface area contributed by atoms with Gasteiger partial charge in [0.1, 0.15) is 0 Å². The van der Waals surface area contributed by atoms with Crippen molar-refractivity contribution in [3.63, 3.8) is 0 Å². The highest BCUT2D eigenvalue weighted by Gasteiger charge is 1.99. The number of pyridine rings is 1. The van der Waals surface area contributed by atoms with Crippen molar-refractivity contribution >= 4 is 11.3 Å². The van der Waals surface area contributed by atoms with Crippen molar-refractivity contribution in [3.8, 4) is 11.3 Å². The SMILES string of the molecule is Fc1ccc(-c2cscn2)cn1. The lowest BCUT2D eigenvalue weighted by atomic mass is 10.2. The van der Waals surface area contributed by atoms with Crippen molar-refractivity contribution in [3.05, 3.63) is 35.2 Å². The molecule has 2 aromatic heterocycles. The van der Waals surface area contributed by atoms with Gasteiger partial charge in [0.05, 0.1) is 11.2 Å². The maximum atomic E-state index is 12.4. The van der Waals surface area contributed by atoms with Crippen LogP contribution < -0.4 is 0 Å². The van der Waals surface area contributed by atoms with Gasteiger partial charge in [-0.2, -0.15) is 4.39 Å². The number of nitrogens with zero attached hydrogens (tertiary/aromatic N) is 2. The van der Waals surface area contributed by atoms with Crippen molar-refractivity contribution in [2.75, 3.05) is 0 Å². The molecule has 0 unspecified atom stereocenters. The first kappa shape index (κ1) is 7.36. The number of hydrogen-bond acceptors (Lipinski definition) is 3. The van der Waals surface area contributed by atoms with Crippen molar-refractivity contribution in [2.24, 2.45) is 0 Å². The molecule has 0 fully saturated rings. The Hall–Kier alpha value is -1.29. The largest absolute Gasteiger partial charge is 0.245 e. The molecule has 60 valence electrons. The molecule has 12 heavy (non-hydrogen) atoms. The van der Waals surface area contributed by atoms with Gasteiger partial charge < -0.3 is 0 Å². The van der Waals surface area contributed by atoms with E-state index in [1.54, 1.807) is 11.6 Å². The minimum atomic E-state index is -0.464. The Morgan fingerprint density at radius 1 is 1.25 bits per heavy atom. The number of rotatable bonds is 1. The first-order chi connectivity index (χ1) is 5.86. The fourth-order valence-corrected chi connectivity index (χ4v) is 1.44. The van der Waals surface area contributed by atoms with Crippen molar-refractivity contribution in [2.45, 2.75) is 0 Å². The third-order valence-corrected chi connectivity index (χ3v) is 2.04. The average molecular weight is 180 g/mol. The topological polar surface area (TPSA) is 25.8 Å². The van der Waals surface area contributed by atoms with Crippen LogP contribution in [0.3, 0.4) is 0 Å². The molecule has 0 aliphatic heterocycles. The molecule has 0 aliphatic rings. The Labute approximate surface area is 72.7 Å². The van der Waals surface area contributed by atoms with Crippen LogP contribution in [0, 0.1) is 5.95 Å². The van der Waals surface area contributed by atoms with Crippen LogP contribution in [-0.2, 0) is 0 Å². The third kappa shape index (κ3) is 1.33. The lowest BCUT2D eigenvalue weighted by Gasteiger charge is -1.93. The normalized spacial score (nSPS) is 10.1. The minimum Gasteiger partial charge on any atom is -0.245 e. The van der Waals surface area contributed by atoms with E-state index in [0.29, 0.717) is 0 Å². The molecule has 0 amide bonds. The van der Waals surface area contributed by atoms with E-state index in [0.717, 1.165) is 11.3 Å². The van der Waals surface area contributed by atoms with Crippen LogP contribution in [-0.4, -0.2) is 9.97 Å². The summed E-state index contributed by atoms with van der Waals surface area (Å²) in [5.41, 5.74) is 3.42. The first-order valence-electron chi connectivity index (χ1n) is 3.36. The molecule has 0 atom stereocenters. The zero-order valence-corrected chi connectivity index (χ0v) is 6.88. The lowest BCUT2D eigenvalue weighted by Crippen LogP contribution is -1.82. The summed E-state index contributed by atoms with van der Waals surface area (Å²) >= 11 is 1.51. The summed E-state index contributed by atoms with van der Waals surface area (Å²) in [4.78, 5) is 7.61. The highest BCUT2D eigenvalue weighted by Crippen LogP contribution is 2.17. The molecule has 0 N–H and O–H groups in total. The lowest BCUT2D eigenvalue weighted by molar-refractivity contribution is 0.584. The number of aromatic nitrogens is 2. The molecule has 0 saturated heterocycles. The average Bonchev–Trinajstić information content (AvgIpc) is 2.58. The Morgan fingerprint density at radius 3 is 2.75 bits per heavy atom. The van der Waals surface area contributed by atoms with Gasteiger partial charge in [-0.15, -0.1) is 11.3 Å². The predicted octanol–water partition coefficient (Wildman–Crippen LogP) is 2.34. The first-order valence-corrected chi connectivity index (χ1v) is 4.30. The maximum Gasteiger partial charge on any atom is 0.212 e. The molecule has 2 nitrogen and oxygen atoms in total. The Bertz CT molecular complexity index is 355. The number of thiazole rings is 1. The molecular formula is C8H5FN2S. The van der Waals surface area contributed by atoms with E-state index in [4.69, 9.17) is 0 Å². The summed E-state index contributed by atoms with van der Waals surface area (Å²) < 4.78 is 12.4. The number of halogens is 1. The monoisotopic (exact) mass is 180 g/mol. The van der Waals surface area contributed by atoms with Crippen LogP contribution in [0.1, 0.15) is 0 Å². The smallest absolute Gasteiger partial charge is 0.212 e. The van der Waals surface area contributed by atoms with Crippen LogP contribution in [0.25, 0.3) is 11.3 Å². The Morgan fingerprint density at radius 2 is 2.17 bits per heavy atom. The van der Waals surface area contributed by atoms with E-state index in [2.05, 4.69) is 9.97 Å². The van der Waals surface area contributed by atoms with Gasteiger partial charge in [0.25, 0.3) is 0 Å². The van der Waals surface area contributed by atoms with Crippen molar-refractivity contribution < 1.29 is 4.39 Å². The second-order valence-corrected chi connectivity index (χ2v) is 2.96. The molecule has 0 aliphatic carbocycles. The van der Waals surface area contributed by atoms with Gasteiger partial charge in [0, 0.05) is 17.1 Å². The predicted molar refractivity (Wildman–Crippen MR) is 45.3 cm³/mol. The highest BCUT2D eigenvalue weighted by molar-refractivity contribution is 7.07. The second-order valence-electron chi connectivity index (χ2n) is 2.24. The molecule has 0 radical (unpaired) electrons. The highest BCUT2D eigenvalue weighted by atomic mass is 32.1. The minimum absolute atomic E-state index is 0.464. The van der Waals surface area contributed by atoms with Crippen molar-refractivity contribution in [1.82, 2.24) is 9.97 Å². The van der Waals surface area contributed by atoms with Crippen LogP contribution in [0.15, 0.2) is 29.2 Å². The molecule has 2 aromatic rings. The van der Waals surface area contributed by atoms with E-state index in [-0.39, 0.29) is 0 Å². The maximum absolute atomic E-state index is 12.4. The van der Waals surface area contributed by atoms with E-state index < -0.39 is 5.95 Å². The standard InChI is InChI=1S/C8H5FN2S/c9-8-2-1-6(3-10-8)7-4-12-5-11-7/h1-5H. The fourth-order valence-electron chi connectivity index (χ4n) is 0.882. The zero-order valence-electron chi connectivity index (χ0n) is 6.07. The molecule has 0 bridgehead atoms. The van der Waals surface area contributed by atoms with Gasteiger partial charge in [-0.3, -0.25) is 0 Å². The molecule has 0 spiro atoms. The molecule has 4 heteroatoms. The van der Waals surface area contributed by atoms with Gasteiger partial charge >= 0.3 is 0 Å². The summed E-state index contributed by atoms with van der Waals surface area (Å²) in [5, 5.41) is 1.90. The van der Waals surface area contributed by atoms with Crippen LogP contribution >= 0.6 is 11.3 Å². The molecule has 2 rings (SSSR count). The van der Waals surface area contributed by atoms with Crippen LogP contribution in [0.4, 0.5) is 4.39 Å². The number of hydrogen-bond donors (Lipinski definition) is 0. The van der Waals surface area contributed by atoms with E-state index in [1.165, 1.54) is 23.6 Å². The molecule has 2 heterocycles. The molecular weight excluding hydrogens is 175 g/mol. The molecule has 0 saturated carbocycles. The Kier molecular flexibility index (Phi) is 1.83. The van der Waals surface area contributed by atoms with E-state index >= 15 is 0 Å². The van der Waals surface area contributed by atoms with Crippen LogP contribution in [0.2, 0.25) is 0 Å². The third-order valence-electron chi connectivity index (χ3n) is 1.46. The summed E-state index contributed by atoms with van der Waals surface area (Å²) in [6, 6.07) is 2.99. The van der Waals surface area contributed by atoms with Gasteiger partial charge in [-0.1, -0.05) is 0 Å². The van der Waals surface area contributed by atoms with Gasteiger partial charge in [-0.05, 0) is 12.1 Å². The van der Waals surface area contributed by atoms with E-state index in [9.17, 15) is 4.39 Å². The van der Waals surface area contributed by atoms with Crippen molar-refractivity contribution in [1.29, 1.82) is 0 Å². The zero-order chi connectivity index (χ0) is 8.39. The van der Waals surface area contributed by atoms with Gasteiger partial charge in [0.15, 0.2) is 0 Å². The Balaban J connectivity index is 2.43. The second kappa shape index (κ2) is 2.98. The van der Waals surface area contributed by atoms with E-state index in [1.807, 2.05) is 5.38 Å². The molecule has 0 aromatic carbocycles. The van der Waals surface area contributed by atoms with Gasteiger partial charge in [-0.25, -0.2) is 9.97 Å². The van der Waals surface area contributed by atoms with Gasteiger partial charge in [0.2, 0.25) is 5.95 Å². The summed E-state index contributed by atoms with van der Waals surface area (Å²) in [6.07, 6.45) is 1.48.